The molecule has 1 aromatic carbocycles. The number of benzene rings is 1. The van der Waals surface area contributed by atoms with Crippen LogP contribution in [0.3, 0.4) is 0 Å². The number of halogens is 1. The second kappa shape index (κ2) is 5.92. The van der Waals surface area contributed by atoms with Crippen molar-refractivity contribution in [1.82, 2.24) is 4.90 Å². The van der Waals surface area contributed by atoms with Gasteiger partial charge in [-0.05, 0) is 43.9 Å². The Morgan fingerprint density at radius 1 is 1.30 bits per heavy atom. The van der Waals surface area contributed by atoms with Crippen molar-refractivity contribution < 1.29 is 9.84 Å². The van der Waals surface area contributed by atoms with Crippen molar-refractivity contribution >= 4 is 11.6 Å². The molecule has 0 atom stereocenters. The van der Waals surface area contributed by atoms with Crippen LogP contribution in [0.15, 0.2) is 24.3 Å². The predicted octanol–water partition coefficient (Wildman–Crippen LogP) is 3.10. The van der Waals surface area contributed by atoms with Gasteiger partial charge in [-0.15, -0.1) is 0 Å². The first-order valence-electron chi connectivity index (χ1n) is 7.49. The number of nitrogens with zero attached hydrogens (tertiary/aromatic N) is 1. The topological polar surface area (TPSA) is 32.7 Å². The van der Waals surface area contributed by atoms with Crippen molar-refractivity contribution in [3.63, 3.8) is 0 Å². The van der Waals surface area contributed by atoms with Crippen molar-refractivity contribution in [2.75, 3.05) is 19.7 Å². The van der Waals surface area contributed by atoms with Gasteiger partial charge in [0.15, 0.2) is 0 Å². The highest BCUT2D eigenvalue weighted by Crippen LogP contribution is 2.31. The maximum Gasteiger partial charge on any atom is 0.120 e. The summed E-state index contributed by atoms with van der Waals surface area (Å²) in [6, 6.07) is 8.11. The van der Waals surface area contributed by atoms with Crippen molar-refractivity contribution in [3.8, 4) is 5.75 Å². The zero-order chi connectivity index (χ0) is 14.0. The summed E-state index contributed by atoms with van der Waals surface area (Å²) in [4.78, 5) is 2.53. The van der Waals surface area contributed by atoms with Crippen LogP contribution >= 0.6 is 11.6 Å². The number of piperidine rings is 1. The monoisotopic (exact) mass is 295 g/mol. The fourth-order valence-corrected chi connectivity index (χ4v) is 3.16. The summed E-state index contributed by atoms with van der Waals surface area (Å²) in [6.07, 6.45) is 5.62. The summed E-state index contributed by atoms with van der Waals surface area (Å²) >= 11 is 5.93. The number of hydrogen-bond donors (Lipinski definition) is 1. The summed E-state index contributed by atoms with van der Waals surface area (Å²) < 4.78 is 5.71. The molecule has 1 saturated carbocycles. The maximum absolute atomic E-state index is 10.6. The number of aliphatic hydroxyl groups is 1. The van der Waals surface area contributed by atoms with Gasteiger partial charge in [-0.2, -0.15) is 0 Å². The molecule has 2 aliphatic rings. The van der Waals surface area contributed by atoms with E-state index >= 15 is 0 Å². The zero-order valence-electron chi connectivity index (χ0n) is 11.7. The van der Waals surface area contributed by atoms with Crippen molar-refractivity contribution in [2.24, 2.45) is 0 Å². The van der Waals surface area contributed by atoms with E-state index in [2.05, 4.69) is 4.90 Å². The SMILES string of the molecule is OC1(COc2cccc(Cl)c2)CCN(C2CCC2)CC1. The second-order valence-corrected chi connectivity index (χ2v) is 6.53. The van der Waals surface area contributed by atoms with E-state index in [1.165, 1.54) is 19.3 Å². The molecule has 0 aromatic heterocycles. The smallest absolute Gasteiger partial charge is 0.120 e. The minimum absolute atomic E-state index is 0.353. The molecule has 1 heterocycles. The van der Waals surface area contributed by atoms with E-state index in [-0.39, 0.29) is 0 Å². The molecule has 1 N–H and O–H groups in total. The fraction of sp³-hybridized carbons (Fsp3) is 0.625. The van der Waals surface area contributed by atoms with E-state index in [1.807, 2.05) is 18.2 Å². The lowest BCUT2D eigenvalue weighted by Crippen LogP contribution is -2.52. The van der Waals surface area contributed by atoms with Gasteiger partial charge in [-0.1, -0.05) is 24.1 Å². The van der Waals surface area contributed by atoms with E-state index in [0.29, 0.717) is 11.6 Å². The third-order valence-corrected chi connectivity index (χ3v) is 4.86. The normalized spacial score (nSPS) is 23.3. The molecule has 0 bridgehead atoms. The first-order valence-corrected chi connectivity index (χ1v) is 7.87. The molecule has 1 saturated heterocycles. The third-order valence-electron chi connectivity index (χ3n) is 4.62. The Morgan fingerprint density at radius 2 is 2.05 bits per heavy atom. The predicted molar refractivity (Wildman–Crippen MR) is 80.3 cm³/mol. The molecule has 1 aliphatic heterocycles. The lowest BCUT2D eigenvalue weighted by molar-refractivity contribution is -0.0653. The molecule has 0 unspecified atom stereocenters. The molecule has 3 nitrogen and oxygen atoms in total. The molecule has 0 amide bonds. The van der Waals surface area contributed by atoms with E-state index in [1.54, 1.807) is 6.07 Å². The lowest BCUT2D eigenvalue weighted by atomic mass is 9.86. The molecule has 3 rings (SSSR count). The number of rotatable bonds is 4. The van der Waals surface area contributed by atoms with Crippen molar-refractivity contribution in [1.29, 1.82) is 0 Å². The number of hydrogen-bond acceptors (Lipinski definition) is 3. The highest BCUT2D eigenvalue weighted by molar-refractivity contribution is 6.30. The first kappa shape index (κ1) is 14.2. The van der Waals surface area contributed by atoms with E-state index < -0.39 is 5.60 Å². The van der Waals surface area contributed by atoms with Crippen LogP contribution in [-0.2, 0) is 0 Å². The largest absolute Gasteiger partial charge is 0.491 e. The minimum Gasteiger partial charge on any atom is -0.491 e. The lowest BCUT2D eigenvalue weighted by Gasteiger charge is -2.44. The van der Waals surface area contributed by atoms with Gasteiger partial charge in [0, 0.05) is 24.2 Å². The van der Waals surface area contributed by atoms with Crippen LogP contribution < -0.4 is 4.74 Å². The summed E-state index contributed by atoms with van der Waals surface area (Å²) in [5.74, 6) is 0.729. The Balaban J connectivity index is 1.50. The Kier molecular flexibility index (Phi) is 4.20. The van der Waals surface area contributed by atoms with Crippen LogP contribution in [0.5, 0.6) is 5.75 Å². The molecule has 0 spiro atoms. The summed E-state index contributed by atoms with van der Waals surface area (Å²) in [7, 11) is 0. The summed E-state index contributed by atoms with van der Waals surface area (Å²) in [5.41, 5.74) is -0.692. The van der Waals surface area contributed by atoms with Gasteiger partial charge in [-0.3, -0.25) is 0 Å². The Bertz CT molecular complexity index is 454. The van der Waals surface area contributed by atoms with Crippen LogP contribution in [0.1, 0.15) is 32.1 Å². The minimum atomic E-state index is -0.692. The quantitative estimate of drug-likeness (QED) is 0.926. The van der Waals surface area contributed by atoms with Gasteiger partial charge in [0.2, 0.25) is 0 Å². The molecule has 0 radical (unpaired) electrons. The van der Waals surface area contributed by atoms with Gasteiger partial charge in [0.1, 0.15) is 18.0 Å². The van der Waals surface area contributed by atoms with Crippen LogP contribution in [0.4, 0.5) is 0 Å². The summed E-state index contributed by atoms with van der Waals surface area (Å²) in [6.45, 7) is 2.33. The van der Waals surface area contributed by atoms with E-state index in [4.69, 9.17) is 16.3 Å². The van der Waals surface area contributed by atoms with Crippen LogP contribution in [0, 0.1) is 0 Å². The van der Waals surface area contributed by atoms with Crippen LogP contribution in [0.25, 0.3) is 0 Å². The molecule has 20 heavy (non-hydrogen) atoms. The molecule has 1 aliphatic carbocycles. The average Bonchev–Trinajstić information content (AvgIpc) is 2.38. The standard InChI is InChI=1S/C16H22ClNO2/c17-13-3-1-6-15(11-13)20-12-16(19)7-9-18(10-8-16)14-4-2-5-14/h1,3,6,11,14,19H,2,4-5,7-10,12H2. The fourth-order valence-electron chi connectivity index (χ4n) is 2.98. The van der Waals surface area contributed by atoms with Crippen molar-refractivity contribution in [3.05, 3.63) is 29.3 Å². The molecular formula is C16H22ClNO2. The highest BCUT2D eigenvalue weighted by atomic mass is 35.5. The van der Waals surface area contributed by atoms with E-state index in [0.717, 1.165) is 37.7 Å². The Morgan fingerprint density at radius 3 is 2.65 bits per heavy atom. The molecule has 1 aromatic rings. The van der Waals surface area contributed by atoms with Crippen LogP contribution in [-0.4, -0.2) is 41.3 Å². The van der Waals surface area contributed by atoms with Gasteiger partial charge in [-0.25, -0.2) is 0 Å². The van der Waals surface area contributed by atoms with Gasteiger partial charge in [0.05, 0.1) is 0 Å². The van der Waals surface area contributed by atoms with Gasteiger partial charge in [0.25, 0.3) is 0 Å². The maximum atomic E-state index is 10.6. The highest BCUT2D eigenvalue weighted by Gasteiger charge is 2.36. The molecule has 110 valence electrons. The van der Waals surface area contributed by atoms with E-state index in [9.17, 15) is 5.11 Å². The van der Waals surface area contributed by atoms with Gasteiger partial charge >= 0.3 is 0 Å². The molecule has 4 heteroatoms. The molecule has 2 fully saturated rings. The van der Waals surface area contributed by atoms with Gasteiger partial charge < -0.3 is 14.7 Å². The first-order chi connectivity index (χ1) is 9.65. The number of likely N-dealkylation sites (tertiary alicyclic amines) is 1. The average molecular weight is 296 g/mol. The third kappa shape index (κ3) is 3.27. The van der Waals surface area contributed by atoms with Crippen LogP contribution in [0.2, 0.25) is 5.02 Å². The Labute approximate surface area is 125 Å². The second-order valence-electron chi connectivity index (χ2n) is 6.09. The number of ether oxygens (including phenoxy) is 1. The summed E-state index contributed by atoms with van der Waals surface area (Å²) in [5, 5.41) is 11.3. The molecular weight excluding hydrogens is 274 g/mol. The zero-order valence-corrected chi connectivity index (χ0v) is 12.5. The Hall–Kier alpha value is -0.770. The van der Waals surface area contributed by atoms with Crippen molar-refractivity contribution in [2.45, 2.75) is 43.7 Å².